The Bertz CT molecular complexity index is 645. The number of benzene rings is 2. The van der Waals surface area contributed by atoms with Gasteiger partial charge in [-0.3, -0.25) is 4.79 Å². The molecule has 0 amide bonds. The van der Waals surface area contributed by atoms with Crippen LogP contribution in [0.3, 0.4) is 0 Å². The van der Waals surface area contributed by atoms with Gasteiger partial charge in [-0.15, -0.1) is 0 Å². The first kappa shape index (κ1) is 28.1. The molecule has 1 heteroatoms. The van der Waals surface area contributed by atoms with Crippen LogP contribution in [0.2, 0.25) is 0 Å². The fourth-order valence-corrected chi connectivity index (χ4v) is 4.43. The van der Waals surface area contributed by atoms with E-state index < -0.39 is 0 Å². The number of carbonyl (C=O) groups excluding carboxylic acids is 1. The Balaban J connectivity index is 0.000000335. The third-order valence-corrected chi connectivity index (χ3v) is 6.37. The highest BCUT2D eigenvalue weighted by Crippen LogP contribution is 2.40. The monoisotopic (exact) mass is 436 g/mol. The summed E-state index contributed by atoms with van der Waals surface area (Å²) in [5.41, 5.74) is 2.97. The Morgan fingerprint density at radius 2 is 1.28 bits per heavy atom. The lowest BCUT2D eigenvalue weighted by atomic mass is 9.74. The van der Waals surface area contributed by atoms with Crippen molar-refractivity contribution in [3.8, 4) is 0 Å². The molecule has 1 unspecified atom stereocenters. The first-order valence-electron chi connectivity index (χ1n) is 13.1. The molecule has 2 aromatic carbocycles. The predicted octanol–water partition coefficient (Wildman–Crippen LogP) is 9.61. The van der Waals surface area contributed by atoms with E-state index in [0.717, 1.165) is 12.3 Å². The largest absolute Gasteiger partial charge is 0.300 e. The standard InChI is InChI=1S/C19H22.C9H18O.C3H8/c1-4-10-16(11-5-1)19(17-12-6-2-7-13-17)18-14-8-3-9-15-18;1-4-5-6-7-8(2)9(3)10;1-3-2/h1-2,4-7,10-13,18-19H,3,8-9,14-15H2;8H,4-7H2,1-3H3;3H2,1-2H3. The molecular formula is C31H48O. The minimum Gasteiger partial charge on any atom is -0.300 e. The molecule has 0 aromatic heterocycles. The van der Waals surface area contributed by atoms with E-state index in [1.54, 1.807) is 6.92 Å². The number of ketones is 1. The fourth-order valence-electron chi connectivity index (χ4n) is 4.43. The predicted molar refractivity (Wildman–Crippen MR) is 141 cm³/mol. The molecule has 178 valence electrons. The van der Waals surface area contributed by atoms with Gasteiger partial charge < -0.3 is 0 Å². The Hall–Kier alpha value is -1.89. The second kappa shape index (κ2) is 17.6. The molecule has 0 saturated heterocycles. The lowest BCUT2D eigenvalue weighted by Crippen LogP contribution is -2.17. The molecule has 1 saturated carbocycles. The van der Waals surface area contributed by atoms with Crippen LogP contribution in [-0.4, -0.2) is 5.78 Å². The van der Waals surface area contributed by atoms with Gasteiger partial charge in [0.05, 0.1) is 0 Å². The number of unbranched alkanes of at least 4 members (excludes halogenated alkanes) is 2. The molecule has 0 bridgehead atoms. The zero-order chi connectivity index (χ0) is 23.6. The molecule has 2 aromatic rings. The molecule has 1 aliphatic rings. The van der Waals surface area contributed by atoms with Crippen molar-refractivity contribution in [1.82, 2.24) is 0 Å². The number of carbonyl (C=O) groups is 1. The van der Waals surface area contributed by atoms with E-state index in [1.807, 2.05) is 6.92 Å². The number of hydrogen-bond donors (Lipinski definition) is 0. The Kier molecular flexibility index (Phi) is 15.5. The lowest BCUT2D eigenvalue weighted by Gasteiger charge is -2.31. The summed E-state index contributed by atoms with van der Waals surface area (Å²) in [4.78, 5) is 10.7. The smallest absolute Gasteiger partial charge is 0.132 e. The van der Waals surface area contributed by atoms with Crippen molar-refractivity contribution in [2.45, 2.75) is 105 Å². The molecule has 3 rings (SSSR count). The van der Waals surface area contributed by atoms with Gasteiger partial charge in [-0.1, -0.05) is 133 Å². The zero-order valence-electron chi connectivity index (χ0n) is 21.5. The quantitative estimate of drug-likeness (QED) is 0.376. The van der Waals surface area contributed by atoms with Gasteiger partial charge in [0.1, 0.15) is 5.78 Å². The van der Waals surface area contributed by atoms with E-state index in [1.165, 1.54) is 68.9 Å². The number of Topliss-reactive ketones (excluding diaryl/α,β-unsaturated/α-hetero) is 1. The highest BCUT2D eigenvalue weighted by atomic mass is 16.1. The molecular weight excluding hydrogens is 388 g/mol. The molecule has 0 spiro atoms. The zero-order valence-corrected chi connectivity index (χ0v) is 21.5. The Morgan fingerprint density at radius 1 is 0.812 bits per heavy atom. The van der Waals surface area contributed by atoms with Crippen molar-refractivity contribution < 1.29 is 4.79 Å². The average molecular weight is 437 g/mol. The van der Waals surface area contributed by atoms with Gasteiger partial charge in [0.15, 0.2) is 0 Å². The van der Waals surface area contributed by atoms with Crippen LogP contribution in [0.5, 0.6) is 0 Å². The van der Waals surface area contributed by atoms with Crippen LogP contribution >= 0.6 is 0 Å². The maximum Gasteiger partial charge on any atom is 0.132 e. The third kappa shape index (κ3) is 11.1. The first-order chi connectivity index (χ1) is 15.5. The van der Waals surface area contributed by atoms with Crippen molar-refractivity contribution in [1.29, 1.82) is 0 Å². The molecule has 0 N–H and O–H groups in total. The van der Waals surface area contributed by atoms with Gasteiger partial charge >= 0.3 is 0 Å². The topological polar surface area (TPSA) is 17.1 Å². The van der Waals surface area contributed by atoms with Gasteiger partial charge in [-0.25, -0.2) is 0 Å². The second-order valence-corrected chi connectivity index (χ2v) is 9.41. The summed E-state index contributed by atoms with van der Waals surface area (Å²) in [6, 6.07) is 22.1. The molecule has 0 radical (unpaired) electrons. The van der Waals surface area contributed by atoms with Crippen molar-refractivity contribution in [2.75, 3.05) is 0 Å². The first-order valence-corrected chi connectivity index (χ1v) is 13.1. The van der Waals surface area contributed by atoms with Gasteiger partial charge in [0.25, 0.3) is 0 Å². The fraction of sp³-hybridized carbons (Fsp3) is 0.581. The number of hydrogen-bond acceptors (Lipinski definition) is 1. The maximum absolute atomic E-state index is 10.7. The van der Waals surface area contributed by atoms with Crippen LogP contribution in [0.15, 0.2) is 60.7 Å². The summed E-state index contributed by atoms with van der Waals surface area (Å²) in [7, 11) is 0. The Morgan fingerprint density at radius 3 is 1.69 bits per heavy atom. The molecule has 32 heavy (non-hydrogen) atoms. The molecule has 1 nitrogen and oxygen atoms in total. The van der Waals surface area contributed by atoms with Crippen LogP contribution in [-0.2, 0) is 4.79 Å². The molecule has 0 aliphatic heterocycles. The van der Waals surface area contributed by atoms with Crippen LogP contribution in [0, 0.1) is 11.8 Å². The summed E-state index contributed by atoms with van der Waals surface area (Å²) in [5.74, 6) is 2.02. The maximum atomic E-state index is 10.7. The van der Waals surface area contributed by atoms with Crippen molar-refractivity contribution in [3.05, 3.63) is 71.8 Å². The number of rotatable bonds is 8. The molecule has 1 aliphatic carbocycles. The van der Waals surface area contributed by atoms with E-state index in [9.17, 15) is 4.79 Å². The van der Waals surface area contributed by atoms with Crippen molar-refractivity contribution in [3.63, 3.8) is 0 Å². The minimum absolute atomic E-state index is 0.284. The molecule has 1 fully saturated rings. The van der Waals surface area contributed by atoms with Crippen molar-refractivity contribution >= 4 is 5.78 Å². The Labute approximate surface area is 199 Å². The lowest BCUT2D eigenvalue weighted by molar-refractivity contribution is -0.120. The van der Waals surface area contributed by atoms with E-state index in [0.29, 0.717) is 11.7 Å². The van der Waals surface area contributed by atoms with Gasteiger partial charge in [-0.05, 0) is 43.2 Å². The van der Waals surface area contributed by atoms with E-state index >= 15 is 0 Å². The van der Waals surface area contributed by atoms with Crippen LogP contribution in [0.25, 0.3) is 0 Å². The summed E-state index contributed by atoms with van der Waals surface area (Å²) in [5, 5.41) is 0. The SMILES string of the molecule is CCC.CCCCCC(C)C(C)=O.c1ccc(C(c2ccccc2)C2CCCCC2)cc1. The summed E-state index contributed by atoms with van der Waals surface area (Å²) in [6.07, 6.45) is 13.0. The summed E-state index contributed by atoms with van der Waals surface area (Å²) < 4.78 is 0. The van der Waals surface area contributed by atoms with Crippen LogP contribution < -0.4 is 0 Å². The summed E-state index contributed by atoms with van der Waals surface area (Å²) in [6.45, 7) is 10.1. The third-order valence-electron chi connectivity index (χ3n) is 6.37. The van der Waals surface area contributed by atoms with Crippen LogP contribution in [0.4, 0.5) is 0 Å². The molecule has 1 atom stereocenters. The highest BCUT2D eigenvalue weighted by Gasteiger charge is 2.26. The highest BCUT2D eigenvalue weighted by molar-refractivity contribution is 5.77. The molecule has 0 heterocycles. The average Bonchev–Trinajstić information content (AvgIpc) is 2.82. The summed E-state index contributed by atoms with van der Waals surface area (Å²) >= 11 is 0. The van der Waals surface area contributed by atoms with Gasteiger partial charge in [0, 0.05) is 11.8 Å². The van der Waals surface area contributed by atoms with Gasteiger partial charge in [0.2, 0.25) is 0 Å². The van der Waals surface area contributed by atoms with Gasteiger partial charge in [-0.2, -0.15) is 0 Å². The van der Waals surface area contributed by atoms with Crippen molar-refractivity contribution in [2.24, 2.45) is 11.8 Å². The minimum atomic E-state index is 0.284. The second-order valence-electron chi connectivity index (χ2n) is 9.41. The van der Waals surface area contributed by atoms with Crippen LogP contribution in [0.1, 0.15) is 116 Å². The van der Waals surface area contributed by atoms with E-state index in [2.05, 4.69) is 81.4 Å². The normalized spacial score (nSPS) is 14.6. The van der Waals surface area contributed by atoms with E-state index in [-0.39, 0.29) is 5.92 Å². The van der Waals surface area contributed by atoms with E-state index in [4.69, 9.17) is 0 Å².